The van der Waals surface area contributed by atoms with E-state index < -0.39 is 28.5 Å². The zero-order valence-corrected chi connectivity index (χ0v) is 25.3. The third-order valence-corrected chi connectivity index (χ3v) is 7.90. The number of benzene rings is 3. The second-order valence-electron chi connectivity index (χ2n) is 10.6. The Morgan fingerprint density at radius 3 is 2.15 bits per heavy atom. The van der Waals surface area contributed by atoms with Crippen LogP contribution in [0, 0.1) is 19.8 Å². The molecule has 9 heteroatoms. The minimum Gasteiger partial charge on any atom is -0.354 e. The number of rotatable bonds is 12. The molecule has 0 unspecified atom stereocenters. The first-order valence-electron chi connectivity index (χ1n) is 13.3. The van der Waals surface area contributed by atoms with Crippen LogP contribution < -0.4 is 9.62 Å². The molecule has 2 amide bonds. The van der Waals surface area contributed by atoms with Crippen LogP contribution in [-0.4, -0.2) is 50.5 Å². The summed E-state index contributed by atoms with van der Waals surface area (Å²) in [6, 6.07) is 21.2. The zero-order valence-electron chi connectivity index (χ0n) is 23.7. The van der Waals surface area contributed by atoms with E-state index in [-0.39, 0.29) is 24.8 Å². The molecule has 0 aliphatic heterocycles. The molecule has 0 saturated carbocycles. The number of hydrogen-bond acceptors (Lipinski definition) is 4. The van der Waals surface area contributed by atoms with Crippen molar-refractivity contribution in [2.24, 2.45) is 5.92 Å². The number of sulfonamides is 1. The van der Waals surface area contributed by atoms with Crippen LogP contribution in [0.4, 0.5) is 5.69 Å². The van der Waals surface area contributed by atoms with Gasteiger partial charge in [0.2, 0.25) is 21.8 Å². The van der Waals surface area contributed by atoms with Crippen molar-refractivity contribution in [3.63, 3.8) is 0 Å². The zero-order chi connectivity index (χ0) is 29.4. The number of nitrogens with zero attached hydrogens (tertiary/aromatic N) is 2. The highest BCUT2D eigenvalue weighted by molar-refractivity contribution is 7.92. The Hall–Kier alpha value is -3.36. The predicted octanol–water partition coefficient (Wildman–Crippen LogP) is 5.14. The van der Waals surface area contributed by atoms with Crippen molar-refractivity contribution >= 4 is 39.1 Å². The molecule has 0 aliphatic rings. The first-order chi connectivity index (χ1) is 18.8. The van der Waals surface area contributed by atoms with Gasteiger partial charge in [-0.2, -0.15) is 0 Å². The number of carbonyl (C=O) groups is 2. The molecule has 7 nitrogen and oxygen atoms in total. The summed E-state index contributed by atoms with van der Waals surface area (Å²) in [7, 11) is -3.84. The van der Waals surface area contributed by atoms with E-state index in [1.165, 1.54) is 4.90 Å². The van der Waals surface area contributed by atoms with Gasteiger partial charge in [0.05, 0.1) is 11.9 Å². The van der Waals surface area contributed by atoms with Gasteiger partial charge in [-0.1, -0.05) is 85.6 Å². The molecule has 0 bridgehead atoms. The van der Waals surface area contributed by atoms with Crippen molar-refractivity contribution in [2.45, 2.75) is 46.7 Å². The molecule has 0 heterocycles. The summed E-state index contributed by atoms with van der Waals surface area (Å²) < 4.78 is 27.0. The Morgan fingerprint density at radius 1 is 0.925 bits per heavy atom. The fourth-order valence-corrected chi connectivity index (χ4v) is 5.49. The lowest BCUT2D eigenvalue weighted by atomic mass is 10.0. The van der Waals surface area contributed by atoms with Crippen molar-refractivity contribution in [3.05, 3.63) is 100 Å². The molecule has 0 aromatic heterocycles. The normalized spacial score (nSPS) is 12.2. The molecule has 0 fully saturated rings. The summed E-state index contributed by atoms with van der Waals surface area (Å²) in [6.45, 7) is 7.85. The van der Waals surface area contributed by atoms with Crippen molar-refractivity contribution in [3.8, 4) is 0 Å². The van der Waals surface area contributed by atoms with E-state index in [2.05, 4.69) is 5.32 Å². The molecule has 3 aromatic rings. The van der Waals surface area contributed by atoms with Crippen molar-refractivity contribution < 1.29 is 18.0 Å². The van der Waals surface area contributed by atoms with Crippen LogP contribution in [0.1, 0.15) is 36.1 Å². The number of anilines is 1. The SMILES string of the molecule is Cc1ccc(CN(C(=O)CN(c2ccc(Cl)cc2C)S(C)(=O)=O)[C@@H](Cc2ccccc2)C(=O)NCC(C)C)cc1. The lowest BCUT2D eigenvalue weighted by molar-refractivity contribution is -0.140. The average Bonchev–Trinajstić information content (AvgIpc) is 2.89. The van der Waals surface area contributed by atoms with E-state index in [9.17, 15) is 18.0 Å². The summed E-state index contributed by atoms with van der Waals surface area (Å²) in [4.78, 5) is 29.2. The number of amides is 2. The van der Waals surface area contributed by atoms with E-state index in [1.807, 2.05) is 75.4 Å². The van der Waals surface area contributed by atoms with Crippen molar-refractivity contribution in [2.75, 3.05) is 23.7 Å². The number of aryl methyl sites for hydroxylation is 2. The molecule has 1 atom stereocenters. The third kappa shape index (κ3) is 8.83. The smallest absolute Gasteiger partial charge is 0.244 e. The molecule has 3 aromatic carbocycles. The van der Waals surface area contributed by atoms with E-state index in [0.29, 0.717) is 22.8 Å². The van der Waals surface area contributed by atoms with Gasteiger partial charge in [-0.05, 0) is 54.7 Å². The fraction of sp³-hybridized carbons (Fsp3) is 0.355. The number of halogens is 1. The Morgan fingerprint density at radius 2 is 1.57 bits per heavy atom. The van der Waals surface area contributed by atoms with Gasteiger partial charge in [-0.3, -0.25) is 13.9 Å². The average molecular weight is 584 g/mol. The molecule has 0 spiro atoms. The number of carbonyl (C=O) groups excluding carboxylic acids is 2. The largest absolute Gasteiger partial charge is 0.354 e. The van der Waals surface area contributed by atoms with E-state index in [1.54, 1.807) is 25.1 Å². The van der Waals surface area contributed by atoms with Gasteiger partial charge >= 0.3 is 0 Å². The first kappa shape index (κ1) is 31.2. The summed E-state index contributed by atoms with van der Waals surface area (Å²) in [5.41, 5.74) is 3.77. The van der Waals surface area contributed by atoms with Crippen LogP contribution in [0.2, 0.25) is 5.02 Å². The topological polar surface area (TPSA) is 86.8 Å². The lowest BCUT2D eigenvalue weighted by Gasteiger charge is -2.34. The van der Waals surface area contributed by atoms with Gasteiger partial charge in [0.25, 0.3) is 0 Å². The lowest BCUT2D eigenvalue weighted by Crippen LogP contribution is -2.53. The fourth-order valence-electron chi connectivity index (χ4n) is 4.36. The summed E-state index contributed by atoms with van der Waals surface area (Å²) in [6.07, 6.45) is 1.34. The van der Waals surface area contributed by atoms with Gasteiger partial charge < -0.3 is 10.2 Å². The molecular weight excluding hydrogens is 546 g/mol. The Bertz CT molecular complexity index is 1410. The second-order valence-corrected chi connectivity index (χ2v) is 12.9. The first-order valence-corrected chi connectivity index (χ1v) is 15.5. The molecule has 0 saturated heterocycles. The summed E-state index contributed by atoms with van der Waals surface area (Å²) >= 11 is 6.11. The van der Waals surface area contributed by atoms with Crippen LogP contribution >= 0.6 is 11.6 Å². The van der Waals surface area contributed by atoms with Gasteiger partial charge in [0, 0.05) is 24.5 Å². The minimum atomic E-state index is -3.84. The van der Waals surface area contributed by atoms with Gasteiger partial charge in [0.1, 0.15) is 12.6 Å². The van der Waals surface area contributed by atoms with E-state index in [4.69, 9.17) is 11.6 Å². The summed E-state index contributed by atoms with van der Waals surface area (Å²) in [5, 5.41) is 3.45. The number of hydrogen-bond donors (Lipinski definition) is 1. The monoisotopic (exact) mass is 583 g/mol. The maximum absolute atomic E-state index is 14.1. The molecule has 40 heavy (non-hydrogen) atoms. The molecule has 0 aliphatic carbocycles. The molecule has 214 valence electrons. The van der Waals surface area contributed by atoms with Crippen LogP contribution in [0.15, 0.2) is 72.8 Å². The van der Waals surface area contributed by atoms with Crippen LogP contribution in [0.3, 0.4) is 0 Å². The Kier molecular flexibility index (Phi) is 10.8. The minimum absolute atomic E-state index is 0.142. The van der Waals surface area contributed by atoms with Crippen molar-refractivity contribution in [1.29, 1.82) is 0 Å². The second kappa shape index (κ2) is 13.8. The highest BCUT2D eigenvalue weighted by Gasteiger charge is 2.33. The predicted molar refractivity (Wildman–Crippen MR) is 162 cm³/mol. The highest BCUT2D eigenvalue weighted by Crippen LogP contribution is 2.26. The highest BCUT2D eigenvalue weighted by atomic mass is 35.5. The van der Waals surface area contributed by atoms with Crippen molar-refractivity contribution in [1.82, 2.24) is 10.2 Å². The van der Waals surface area contributed by atoms with Gasteiger partial charge in [-0.25, -0.2) is 8.42 Å². The third-order valence-electron chi connectivity index (χ3n) is 6.54. The molecule has 3 rings (SSSR count). The van der Waals surface area contributed by atoms with Crippen LogP contribution in [-0.2, 0) is 32.6 Å². The molecular formula is C31H38ClN3O4S. The quantitative estimate of drug-likeness (QED) is 0.320. The van der Waals surface area contributed by atoms with Gasteiger partial charge in [0.15, 0.2) is 0 Å². The van der Waals surface area contributed by atoms with E-state index in [0.717, 1.165) is 27.3 Å². The van der Waals surface area contributed by atoms with Crippen LogP contribution in [0.25, 0.3) is 0 Å². The van der Waals surface area contributed by atoms with Crippen LogP contribution in [0.5, 0.6) is 0 Å². The Labute approximate surface area is 243 Å². The molecule has 0 radical (unpaired) electrons. The standard InChI is InChI=1S/C31H38ClN3O4S/c1-22(2)19-33-31(37)29(18-25-9-7-6-8-10-25)34(20-26-13-11-23(3)12-14-26)30(36)21-35(40(5,38)39)28-16-15-27(32)17-24(28)4/h6-17,22,29H,18-21H2,1-5H3,(H,33,37)/t29-/m0/s1. The maximum atomic E-state index is 14.1. The maximum Gasteiger partial charge on any atom is 0.244 e. The van der Waals surface area contributed by atoms with Gasteiger partial charge in [-0.15, -0.1) is 0 Å². The summed E-state index contributed by atoms with van der Waals surface area (Å²) in [5.74, 6) is -0.552. The Balaban J connectivity index is 2.06. The molecule has 1 N–H and O–H groups in total. The van der Waals surface area contributed by atoms with E-state index >= 15 is 0 Å². The number of nitrogens with one attached hydrogen (secondary N) is 1.